The van der Waals surface area contributed by atoms with Crippen molar-refractivity contribution in [2.75, 3.05) is 11.9 Å². The first-order valence-electron chi connectivity index (χ1n) is 5.49. The summed E-state index contributed by atoms with van der Waals surface area (Å²) < 4.78 is 5.58. The second-order valence-corrected chi connectivity index (χ2v) is 4.02. The number of halogens is 1. The van der Waals surface area contributed by atoms with Crippen molar-refractivity contribution in [1.29, 1.82) is 0 Å². The van der Waals surface area contributed by atoms with E-state index in [2.05, 4.69) is 5.32 Å². The van der Waals surface area contributed by atoms with Crippen molar-refractivity contribution in [3.8, 4) is 5.75 Å². The normalized spacial score (nSPS) is 14.9. The number of carbonyl (C=O) groups is 1. The molecule has 17 heavy (non-hydrogen) atoms. The van der Waals surface area contributed by atoms with Crippen LogP contribution in [-0.2, 0) is 11.2 Å². The fourth-order valence-electron chi connectivity index (χ4n) is 1.73. The summed E-state index contributed by atoms with van der Waals surface area (Å²) in [6, 6.07) is 5.27. The van der Waals surface area contributed by atoms with Crippen molar-refractivity contribution in [3.05, 3.63) is 23.8 Å². The molecule has 1 aliphatic heterocycles. The average molecular weight is 257 g/mol. The van der Waals surface area contributed by atoms with Crippen LogP contribution >= 0.6 is 12.4 Å². The highest BCUT2D eigenvalue weighted by atomic mass is 35.5. The van der Waals surface area contributed by atoms with E-state index in [0.717, 1.165) is 29.8 Å². The minimum Gasteiger partial charge on any atom is -0.491 e. The predicted molar refractivity (Wildman–Crippen MR) is 69.8 cm³/mol. The van der Waals surface area contributed by atoms with Crippen LogP contribution in [0.5, 0.6) is 5.75 Å². The van der Waals surface area contributed by atoms with Gasteiger partial charge in [0.15, 0.2) is 0 Å². The van der Waals surface area contributed by atoms with E-state index in [0.29, 0.717) is 6.61 Å². The second kappa shape index (κ2) is 5.89. The summed E-state index contributed by atoms with van der Waals surface area (Å²) in [6.07, 6.45) is 2.02. The van der Waals surface area contributed by atoms with Gasteiger partial charge in [-0.15, -0.1) is 12.4 Å². The van der Waals surface area contributed by atoms with E-state index in [1.165, 1.54) is 0 Å². The van der Waals surface area contributed by atoms with Gasteiger partial charge in [0.25, 0.3) is 0 Å². The van der Waals surface area contributed by atoms with Crippen LogP contribution in [0.15, 0.2) is 18.2 Å². The zero-order valence-corrected chi connectivity index (χ0v) is 10.5. The van der Waals surface area contributed by atoms with E-state index < -0.39 is 6.04 Å². The molecule has 2 rings (SSSR count). The van der Waals surface area contributed by atoms with Crippen LogP contribution in [0.2, 0.25) is 0 Å². The maximum atomic E-state index is 11.5. The fraction of sp³-hybridized carbons (Fsp3) is 0.417. The Labute approximate surface area is 107 Å². The Morgan fingerprint density at radius 1 is 1.53 bits per heavy atom. The molecule has 1 heterocycles. The third-order valence-corrected chi connectivity index (χ3v) is 2.60. The number of hydrogen-bond donors (Lipinski definition) is 2. The van der Waals surface area contributed by atoms with Crippen molar-refractivity contribution >= 4 is 24.0 Å². The summed E-state index contributed by atoms with van der Waals surface area (Å²) in [5, 5.41) is 2.78. The van der Waals surface area contributed by atoms with Gasteiger partial charge in [-0.1, -0.05) is 12.1 Å². The Hall–Kier alpha value is -1.26. The van der Waals surface area contributed by atoms with Crippen molar-refractivity contribution in [2.45, 2.75) is 25.8 Å². The minimum absolute atomic E-state index is 0. The Balaban J connectivity index is 0.00000144. The van der Waals surface area contributed by atoms with Gasteiger partial charge in [0.05, 0.1) is 18.3 Å². The van der Waals surface area contributed by atoms with Crippen LogP contribution in [0, 0.1) is 0 Å². The molecule has 94 valence electrons. The first-order valence-corrected chi connectivity index (χ1v) is 5.49. The SMILES string of the molecule is CC(N)C(=O)Nc1cccc2c1OCCC2.Cl. The number of amides is 1. The zero-order chi connectivity index (χ0) is 11.5. The number of anilines is 1. The van der Waals surface area contributed by atoms with Gasteiger partial charge < -0.3 is 15.8 Å². The highest BCUT2D eigenvalue weighted by Gasteiger charge is 2.16. The molecule has 1 aromatic rings. The number of nitrogens with one attached hydrogen (secondary N) is 1. The lowest BCUT2D eigenvalue weighted by Crippen LogP contribution is -2.32. The molecule has 4 nitrogen and oxygen atoms in total. The topological polar surface area (TPSA) is 64.4 Å². The molecule has 0 bridgehead atoms. The van der Waals surface area contributed by atoms with Crippen LogP contribution in [0.3, 0.4) is 0 Å². The van der Waals surface area contributed by atoms with Gasteiger partial charge in [-0.2, -0.15) is 0 Å². The Kier molecular flexibility index (Phi) is 4.78. The molecule has 0 fully saturated rings. The molecule has 1 aromatic carbocycles. The molecule has 0 saturated carbocycles. The van der Waals surface area contributed by atoms with Crippen molar-refractivity contribution < 1.29 is 9.53 Å². The number of benzene rings is 1. The van der Waals surface area contributed by atoms with Crippen LogP contribution < -0.4 is 15.8 Å². The molecule has 0 radical (unpaired) electrons. The summed E-state index contributed by atoms with van der Waals surface area (Å²) >= 11 is 0. The lowest BCUT2D eigenvalue weighted by molar-refractivity contribution is -0.117. The number of carbonyl (C=O) groups excluding carboxylic acids is 1. The second-order valence-electron chi connectivity index (χ2n) is 4.02. The maximum Gasteiger partial charge on any atom is 0.241 e. The summed E-state index contributed by atoms with van der Waals surface area (Å²) in [6.45, 7) is 2.36. The quantitative estimate of drug-likeness (QED) is 0.847. The number of aryl methyl sites for hydroxylation is 1. The summed E-state index contributed by atoms with van der Waals surface area (Å²) in [7, 11) is 0. The van der Waals surface area contributed by atoms with Crippen molar-refractivity contribution in [3.63, 3.8) is 0 Å². The van der Waals surface area contributed by atoms with Gasteiger partial charge in [-0.3, -0.25) is 4.79 Å². The summed E-state index contributed by atoms with van der Waals surface area (Å²) in [5.74, 6) is 0.602. The smallest absolute Gasteiger partial charge is 0.241 e. The first kappa shape index (κ1) is 13.8. The van der Waals surface area contributed by atoms with Gasteiger partial charge in [0.2, 0.25) is 5.91 Å². The van der Waals surface area contributed by atoms with E-state index in [1.807, 2.05) is 18.2 Å². The first-order chi connectivity index (χ1) is 7.68. The number of rotatable bonds is 2. The van der Waals surface area contributed by atoms with E-state index in [1.54, 1.807) is 6.92 Å². The van der Waals surface area contributed by atoms with Crippen LogP contribution in [0.1, 0.15) is 18.9 Å². The fourth-order valence-corrected chi connectivity index (χ4v) is 1.73. The molecule has 0 aromatic heterocycles. The Morgan fingerprint density at radius 3 is 3.00 bits per heavy atom. The molecular formula is C12H17ClN2O2. The standard InChI is InChI=1S/C12H16N2O2.ClH/c1-8(13)12(15)14-10-6-2-4-9-5-3-7-16-11(9)10;/h2,4,6,8H,3,5,7,13H2,1H3,(H,14,15);1H. The average Bonchev–Trinajstić information content (AvgIpc) is 2.29. The number of ether oxygens (including phenoxy) is 1. The maximum absolute atomic E-state index is 11.5. The zero-order valence-electron chi connectivity index (χ0n) is 9.73. The third kappa shape index (κ3) is 3.11. The number of nitrogens with two attached hydrogens (primary N) is 1. The van der Waals surface area contributed by atoms with Gasteiger partial charge in [0, 0.05) is 0 Å². The monoisotopic (exact) mass is 256 g/mol. The van der Waals surface area contributed by atoms with E-state index in [4.69, 9.17) is 10.5 Å². The van der Waals surface area contributed by atoms with E-state index >= 15 is 0 Å². The van der Waals surface area contributed by atoms with Crippen molar-refractivity contribution in [1.82, 2.24) is 0 Å². The molecular weight excluding hydrogens is 240 g/mol. The molecule has 0 spiro atoms. The lowest BCUT2D eigenvalue weighted by Gasteiger charge is -2.20. The number of hydrogen-bond acceptors (Lipinski definition) is 3. The minimum atomic E-state index is -0.514. The molecule has 1 atom stereocenters. The number of para-hydroxylation sites is 1. The Bertz CT molecular complexity index is 407. The van der Waals surface area contributed by atoms with Gasteiger partial charge in [-0.05, 0) is 31.4 Å². The molecule has 1 aliphatic rings. The van der Waals surface area contributed by atoms with Gasteiger partial charge in [0.1, 0.15) is 5.75 Å². The highest BCUT2D eigenvalue weighted by Crippen LogP contribution is 2.32. The predicted octanol–water partition coefficient (Wildman–Crippen LogP) is 1.72. The molecule has 1 amide bonds. The molecule has 5 heteroatoms. The molecule has 0 aliphatic carbocycles. The van der Waals surface area contributed by atoms with Crippen LogP contribution in [0.25, 0.3) is 0 Å². The molecule has 1 unspecified atom stereocenters. The largest absolute Gasteiger partial charge is 0.491 e. The van der Waals surface area contributed by atoms with Crippen LogP contribution in [-0.4, -0.2) is 18.6 Å². The van der Waals surface area contributed by atoms with E-state index in [9.17, 15) is 4.79 Å². The van der Waals surface area contributed by atoms with Gasteiger partial charge >= 0.3 is 0 Å². The Morgan fingerprint density at radius 2 is 2.29 bits per heavy atom. The van der Waals surface area contributed by atoms with E-state index in [-0.39, 0.29) is 18.3 Å². The molecule has 0 saturated heterocycles. The third-order valence-electron chi connectivity index (χ3n) is 2.60. The highest BCUT2D eigenvalue weighted by molar-refractivity contribution is 5.95. The lowest BCUT2D eigenvalue weighted by atomic mass is 10.1. The summed E-state index contributed by atoms with van der Waals surface area (Å²) in [5.41, 5.74) is 7.38. The summed E-state index contributed by atoms with van der Waals surface area (Å²) in [4.78, 5) is 11.5. The molecule has 3 N–H and O–H groups in total. The number of fused-ring (bicyclic) bond motifs is 1. The van der Waals surface area contributed by atoms with Crippen molar-refractivity contribution in [2.24, 2.45) is 5.73 Å². The van der Waals surface area contributed by atoms with Gasteiger partial charge in [-0.25, -0.2) is 0 Å². The van der Waals surface area contributed by atoms with Crippen LogP contribution in [0.4, 0.5) is 5.69 Å².